The lowest BCUT2D eigenvalue weighted by atomic mass is 10.1. The van der Waals surface area contributed by atoms with Gasteiger partial charge in [-0.25, -0.2) is 4.79 Å². The number of rotatable bonds is 5. The third-order valence-electron chi connectivity index (χ3n) is 2.65. The summed E-state index contributed by atoms with van der Waals surface area (Å²) in [5, 5.41) is 12.5. The van der Waals surface area contributed by atoms with Crippen LogP contribution in [0.4, 0.5) is 4.79 Å². The number of likely N-dealkylation sites (N-methyl/N-ethyl adjacent to an activating group) is 1. The fourth-order valence-electron chi connectivity index (χ4n) is 1.88. The summed E-state index contributed by atoms with van der Waals surface area (Å²) in [4.78, 5) is 13.4. The van der Waals surface area contributed by atoms with E-state index in [1.54, 1.807) is 28.0 Å². The van der Waals surface area contributed by atoms with E-state index >= 15 is 0 Å². The number of amides is 2. The van der Waals surface area contributed by atoms with Crippen LogP contribution in [0.3, 0.4) is 0 Å². The molecule has 0 unspecified atom stereocenters. The van der Waals surface area contributed by atoms with Crippen molar-refractivity contribution in [1.29, 1.82) is 0 Å². The van der Waals surface area contributed by atoms with Gasteiger partial charge in [-0.05, 0) is 35.8 Å². The van der Waals surface area contributed by atoms with Crippen LogP contribution in [0.1, 0.15) is 19.4 Å². The largest absolute Gasteiger partial charge is 0.495 e. The maximum absolute atomic E-state index is 11.9. The highest BCUT2D eigenvalue weighted by Gasteiger charge is 2.19. The first-order chi connectivity index (χ1) is 9.24. The van der Waals surface area contributed by atoms with E-state index in [0.717, 1.165) is 10.0 Å². The molecule has 0 heterocycles. The van der Waals surface area contributed by atoms with Gasteiger partial charge in [0.25, 0.3) is 0 Å². The minimum atomic E-state index is -0.917. The average molecular weight is 345 g/mol. The van der Waals surface area contributed by atoms with E-state index in [1.165, 1.54) is 4.90 Å². The van der Waals surface area contributed by atoms with Crippen molar-refractivity contribution in [3.8, 4) is 5.75 Å². The fourth-order valence-corrected chi connectivity index (χ4v) is 2.45. The molecular weight excluding hydrogens is 324 g/mol. The van der Waals surface area contributed by atoms with Crippen molar-refractivity contribution in [3.63, 3.8) is 0 Å². The Balaban J connectivity index is 2.64. The molecule has 1 aromatic rings. The number of aliphatic hydroxyl groups is 1. The summed E-state index contributed by atoms with van der Waals surface area (Å²) in [7, 11) is 3.23. The van der Waals surface area contributed by atoms with E-state index in [-0.39, 0.29) is 12.6 Å². The number of nitrogens with zero attached hydrogens (tertiary/aromatic N) is 1. The van der Waals surface area contributed by atoms with Crippen LogP contribution < -0.4 is 10.1 Å². The second-order valence-electron chi connectivity index (χ2n) is 5.26. The van der Waals surface area contributed by atoms with Crippen molar-refractivity contribution in [2.75, 3.05) is 20.7 Å². The predicted molar refractivity (Wildman–Crippen MR) is 81.9 cm³/mol. The highest BCUT2D eigenvalue weighted by atomic mass is 79.9. The highest BCUT2D eigenvalue weighted by Crippen LogP contribution is 2.28. The number of carbonyl (C=O) groups excluding carboxylic acids is 1. The van der Waals surface area contributed by atoms with E-state index < -0.39 is 5.60 Å². The summed E-state index contributed by atoms with van der Waals surface area (Å²) in [5.74, 6) is 0.706. The monoisotopic (exact) mass is 344 g/mol. The van der Waals surface area contributed by atoms with Gasteiger partial charge in [-0.15, -0.1) is 0 Å². The standard InChI is InChI=1S/C14H21BrN2O3/c1-14(2,19)9-17(3)13(18)16-8-10-6-5-7-11(15)12(10)20-4/h5-7,19H,8-9H2,1-4H3,(H,16,18). The smallest absolute Gasteiger partial charge is 0.317 e. The van der Waals surface area contributed by atoms with Crippen LogP contribution in [0.25, 0.3) is 0 Å². The second-order valence-corrected chi connectivity index (χ2v) is 6.11. The van der Waals surface area contributed by atoms with Crippen LogP contribution in [0.5, 0.6) is 5.75 Å². The number of urea groups is 1. The number of benzene rings is 1. The molecule has 2 amide bonds. The first kappa shape index (κ1) is 16.8. The topological polar surface area (TPSA) is 61.8 Å². The zero-order valence-corrected chi connectivity index (χ0v) is 13.8. The van der Waals surface area contributed by atoms with Gasteiger partial charge in [0, 0.05) is 19.2 Å². The van der Waals surface area contributed by atoms with Gasteiger partial charge in [0.1, 0.15) is 5.75 Å². The number of halogens is 1. The Morgan fingerprint density at radius 1 is 1.50 bits per heavy atom. The van der Waals surface area contributed by atoms with Crippen molar-refractivity contribution < 1.29 is 14.6 Å². The highest BCUT2D eigenvalue weighted by molar-refractivity contribution is 9.10. The molecule has 0 bridgehead atoms. The molecule has 5 nitrogen and oxygen atoms in total. The quantitative estimate of drug-likeness (QED) is 0.861. The molecule has 2 N–H and O–H groups in total. The van der Waals surface area contributed by atoms with Gasteiger partial charge in [0.15, 0.2) is 0 Å². The molecule has 0 aliphatic heterocycles. The summed E-state index contributed by atoms with van der Waals surface area (Å²) in [5.41, 5.74) is -0.0357. The fraction of sp³-hybridized carbons (Fsp3) is 0.500. The molecule has 0 aliphatic carbocycles. The lowest BCUT2D eigenvalue weighted by Crippen LogP contribution is -2.44. The number of hydrogen-bond acceptors (Lipinski definition) is 3. The molecule has 0 saturated heterocycles. The molecule has 0 saturated carbocycles. The van der Waals surface area contributed by atoms with Crippen LogP contribution in [0.15, 0.2) is 22.7 Å². The summed E-state index contributed by atoms with van der Waals surface area (Å²) in [6.07, 6.45) is 0. The molecule has 0 radical (unpaired) electrons. The molecule has 0 aromatic heterocycles. The van der Waals surface area contributed by atoms with Gasteiger partial charge < -0.3 is 20.1 Å². The van der Waals surface area contributed by atoms with Crippen molar-refractivity contribution >= 4 is 22.0 Å². The lowest BCUT2D eigenvalue weighted by molar-refractivity contribution is 0.0531. The molecule has 112 valence electrons. The summed E-state index contributed by atoms with van der Waals surface area (Å²) >= 11 is 3.40. The minimum absolute atomic E-state index is 0.242. The molecular formula is C14H21BrN2O3. The number of methoxy groups -OCH3 is 1. The Morgan fingerprint density at radius 2 is 2.15 bits per heavy atom. The van der Waals surface area contributed by atoms with E-state index in [2.05, 4.69) is 21.2 Å². The molecule has 0 atom stereocenters. The molecule has 0 aliphatic rings. The second kappa shape index (κ2) is 6.95. The van der Waals surface area contributed by atoms with Gasteiger partial charge in [-0.3, -0.25) is 0 Å². The summed E-state index contributed by atoms with van der Waals surface area (Å²) < 4.78 is 6.14. The number of para-hydroxylation sites is 1. The third-order valence-corrected chi connectivity index (χ3v) is 3.28. The van der Waals surface area contributed by atoms with Crippen molar-refractivity contribution in [1.82, 2.24) is 10.2 Å². The van der Waals surface area contributed by atoms with Gasteiger partial charge in [-0.2, -0.15) is 0 Å². The summed E-state index contributed by atoms with van der Waals surface area (Å²) in [6.45, 7) is 3.94. The Morgan fingerprint density at radius 3 is 2.70 bits per heavy atom. The molecule has 6 heteroatoms. The first-order valence-electron chi connectivity index (χ1n) is 6.27. The normalized spacial score (nSPS) is 11.1. The maximum atomic E-state index is 11.9. The third kappa shape index (κ3) is 5.02. The Hall–Kier alpha value is -1.27. The first-order valence-corrected chi connectivity index (χ1v) is 7.06. The Kier molecular flexibility index (Phi) is 5.83. The zero-order valence-electron chi connectivity index (χ0n) is 12.2. The maximum Gasteiger partial charge on any atom is 0.317 e. The number of hydrogen-bond donors (Lipinski definition) is 2. The molecule has 20 heavy (non-hydrogen) atoms. The molecule has 0 spiro atoms. The predicted octanol–water partition coefficient (Wildman–Crippen LogP) is 2.37. The van der Waals surface area contributed by atoms with Gasteiger partial charge in [0.05, 0.1) is 23.7 Å². The number of nitrogens with one attached hydrogen (secondary N) is 1. The van der Waals surface area contributed by atoms with Crippen molar-refractivity contribution in [2.45, 2.75) is 26.0 Å². The minimum Gasteiger partial charge on any atom is -0.495 e. The van der Waals surface area contributed by atoms with Crippen LogP contribution in [0, 0.1) is 0 Å². The lowest BCUT2D eigenvalue weighted by Gasteiger charge is -2.25. The van der Waals surface area contributed by atoms with E-state index in [4.69, 9.17) is 4.74 Å². The van der Waals surface area contributed by atoms with Crippen molar-refractivity contribution in [2.24, 2.45) is 0 Å². The summed E-state index contributed by atoms with van der Waals surface area (Å²) in [6, 6.07) is 5.41. The van der Waals surface area contributed by atoms with Crippen molar-refractivity contribution in [3.05, 3.63) is 28.2 Å². The van der Waals surface area contributed by atoms with Crippen LogP contribution >= 0.6 is 15.9 Å². The average Bonchev–Trinajstić information content (AvgIpc) is 2.33. The van der Waals surface area contributed by atoms with Gasteiger partial charge in [-0.1, -0.05) is 12.1 Å². The van der Waals surface area contributed by atoms with Gasteiger partial charge in [0.2, 0.25) is 0 Å². The van der Waals surface area contributed by atoms with E-state index in [0.29, 0.717) is 12.3 Å². The van der Waals surface area contributed by atoms with E-state index in [9.17, 15) is 9.90 Å². The SMILES string of the molecule is COc1c(Br)cccc1CNC(=O)N(C)CC(C)(C)O. The molecule has 1 aromatic carbocycles. The Labute approximate surface area is 128 Å². The molecule has 0 fully saturated rings. The van der Waals surface area contributed by atoms with E-state index in [1.807, 2.05) is 18.2 Å². The number of ether oxygens (including phenoxy) is 1. The number of carbonyl (C=O) groups is 1. The molecule has 1 rings (SSSR count). The Bertz CT molecular complexity index is 472. The van der Waals surface area contributed by atoms with Crippen LogP contribution in [-0.2, 0) is 6.54 Å². The zero-order chi connectivity index (χ0) is 15.3. The van der Waals surface area contributed by atoms with Crippen LogP contribution in [0.2, 0.25) is 0 Å². The van der Waals surface area contributed by atoms with Gasteiger partial charge >= 0.3 is 6.03 Å². The van der Waals surface area contributed by atoms with Crippen LogP contribution in [-0.4, -0.2) is 42.3 Å².